The van der Waals surface area contributed by atoms with Gasteiger partial charge in [-0.3, -0.25) is 4.79 Å². The molecular formula is C21H39N5O3. The Morgan fingerprint density at radius 3 is 2.45 bits per heavy atom. The molecule has 8 heteroatoms. The molecule has 29 heavy (non-hydrogen) atoms. The van der Waals surface area contributed by atoms with Crippen LogP contribution in [0.2, 0.25) is 0 Å². The van der Waals surface area contributed by atoms with E-state index in [0.717, 1.165) is 25.5 Å². The van der Waals surface area contributed by atoms with Crippen molar-refractivity contribution in [3.63, 3.8) is 0 Å². The minimum Gasteiger partial charge on any atom is -0.444 e. The van der Waals surface area contributed by atoms with Crippen LogP contribution in [0.4, 0.5) is 4.79 Å². The second kappa shape index (κ2) is 10.7. The van der Waals surface area contributed by atoms with Gasteiger partial charge in [0.2, 0.25) is 5.91 Å². The predicted molar refractivity (Wildman–Crippen MR) is 115 cm³/mol. The molecule has 0 spiro atoms. The monoisotopic (exact) mass is 409 g/mol. The summed E-state index contributed by atoms with van der Waals surface area (Å²) in [6, 6.07) is 0.0103. The van der Waals surface area contributed by atoms with Gasteiger partial charge in [0.25, 0.3) is 0 Å². The van der Waals surface area contributed by atoms with E-state index in [0.29, 0.717) is 12.5 Å². The number of carbonyl (C=O) groups excluding carboxylic acids is 2. The highest BCUT2D eigenvalue weighted by atomic mass is 16.6. The maximum absolute atomic E-state index is 12.1. The third-order valence-electron chi connectivity index (χ3n) is 5.35. The van der Waals surface area contributed by atoms with Crippen molar-refractivity contribution < 1.29 is 14.3 Å². The molecule has 1 aliphatic carbocycles. The number of guanidine groups is 1. The minimum absolute atomic E-state index is 0.0103. The number of nitrogens with zero attached hydrogens (tertiary/aromatic N) is 3. The molecule has 0 aromatic heterocycles. The third kappa shape index (κ3) is 8.50. The molecule has 2 aliphatic rings. The quantitative estimate of drug-likeness (QED) is 0.537. The summed E-state index contributed by atoms with van der Waals surface area (Å²) in [7, 11) is 3.48. The number of likely N-dealkylation sites (tertiary alicyclic amines) is 1. The number of amides is 2. The molecule has 0 radical (unpaired) electrons. The van der Waals surface area contributed by atoms with Crippen LogP contribution in [0.3, 0.4) is 0 Å². The SMILES string of the molecule is CN(C)C(=O)CN=C(NCC1CCCCC1)N1CCC(NC(=O)OC(C)(C)C)C1. The van der Waals surface area contributed by atoms with Gasteiger partial charge in [-0.1, -0.05) is 19.3 Å². The summed E-state index contributed by atoms with van der Waals surface area (Å²) in [6.07, 6.45) is 6.86. The van der Waals surface area contributed by atoms with Crippen molar-refractivity contribution in [2.75, 3.05) is 40.3 Å². The molecule has 0 bridgehead atoms. The fraction of sp³-hybridized carbons (Fsp3) is 0.857. The average Bonchev–Trinajstić information content (AvgIpc) is 3.08. The highest BCUT2D eigenvalue weighted by Gasteiger charge is 2.28. The van der Waals surface area contributed by atoms with Crippen LogP contribution in [0, 0.1) is 5.92 Å². The highest BCUT2D eigenvalue weighted by Crippen LogP contribution is 2.23. The molecule has 2 fully saturated rings. The summed E-state index contributed by atoms with van der Waals surface area (Å²) in [5.41, 5.74) is -0.511. The van der Waals surface area contributed by atoms with Gasteiger partial charge in [0.1, 0.15) is 12.1 Å². The van der Waals surface area contributed by atoms with E-state index in [1.165, 1.54) is 32.1 Å². The zero-order valence-electron chi connectivity index (χ0n) is 18.8. The number of aliphatic imine (C=N–C) groups is 1. The van der Waals surface area contributed by atoms with Gasteiger partial charge in [0.05, 0.1) is 6.04 Å². The third-order valence-corrected chi connectivity index (χ3v) is 5.35. The summed E-state index contributed by atoms with van der Waals surface area (Å²) in [5.74, 6) is 1.40. The number of alkyl carbamates (subject to hydrolysis) is 1. The van der Waals surface area contributed by atoms with Crippen molar-refractivity contribution in [3.8, 4) is 0 Å². The molecule has 0 aromatic carbocycles. The molecule has 1 saturated carbocycles. The topological polar surface area (TPSA) is 86.3 Å². The first-order valence-corrected chi connectivity index (χ1v) is 10.9. The Bertz CT molecular complexity index is 579. The molecule has 1 aliphatic heterocycles. The molecule has 2 rings (SSSR count). The molecule has 1 saturated heterocycles. The van der Waals surface area contributed by atoms with Crippen LogP contribution < -0.4 is 10.6 Å². The van der Waals surface area contributed by atoms with Crippen LogP contribution >= 0.6 is 0 Å². The van der Waals surface area contributed by atoms with E-state index < -0.39 is 5.60 Å². The van der Waals surface area contributed by atoms with Crippen LogP contribution in [0.15, 0.2) is 4.99 Å². The maximum Gasteiger partial charge on any atom is 0.407 e. The van der Waals surface area contributed by atoms with Crippen molar-refractivity contribution in [1.29, 1.82) is 0 Å². The Hall–Kier alpha value is -1.99. The number of carbonyl (C=O) groups is 2. The number of hydrogen-bond donors (Lipinski definition) is 2. The van der Waals surface area contributed by atoms with Crippen molar-refractivity contribution in [1.82, 2.24) is 20.4 Å². The Labute approximate surface area is 175 Å². The smallest absolute Gasteiger partial charge is 0.407 e. The van der Waals surface area contributed by atoms with E-state index in [4.69, 9.17) is 4.74 Å². The van der Waals surface area contributed by atoms with Gasteiger partial charge in [0.15, 0.2) is 5.96 Å². The fourth-order valence-electron chi connectivity index (χ4n) is 3.72. The maximum atomic E-state index is 12.1. The lowest BCUT2D eigenvalue weighted by molar-refractivity contribution is -0.127. The van der Waals surface area contributed by atoms with Crippen molar-refractivity contribution in [2.45, 2.75) is 70.9 Å². The predicted octanol–water partition coefficient (Wildman–Crippen LogP) is 2.20. The highest BCUT2D eigenvalue weighted by molar-refractivity contribution is 5.85. The molecule has 8 nitrogen and oxygen atoms in total. The van der Waals surface area contributed by atoms with Gasteiger partial charge in [-0.25, -0.2) is 9.79 Å². The number of rotatable bonds is 5. The van der Waals surface area contributed by atoms with E-state index in [9.17, 15) is 9.59 Å². The normalized spacial score (nSPS) is 21.1. The Morgan fingerprint density at radius 2 is 1.83 bits per heavy atom. The first kappa shape index (κ1) is 23.3. The largest absolute Gasteiger partial charge is 0.444 e. The fourth-order valence-corrected chi connectivity index (χ4v) is 3.72. The number of ether oxygens (including phenoxy) is 1. The van der Waals surface area contributed by atoms with Gasteiger partial charge >= 0.3 is 6.09 Å². The molecule has 2 amide bonds. The lowest BCUT2D eigenvalue weighted by Crippen LogP contribution is -2.45. The summed E-state index contributed by atoms with van der Waals surface area (Å²) < 4.78 is 5.36. The Kier molecular flexibility index (Phi) is 8.59. The lowest BCUT2D eigenvalue weighted by Gasteiger charge is -2.27. The summed E-state index contributed by atoms with van der Waals surface area (Å²) in [4.78, 5) is 32.3. The number of nitrogens with one attached hydrogen (secondary N) is 2. The molecule has 0 aromatic rings. The van der Waals surface area contributed by atoms with Gasteiger partial charge in [0, 0.05) is 33.7 Å². The van der Waals surface area contributed by atoms with Crippen molar-refractivity contribution in [2.24, 2.45) is 10.9 Å². The minimum atomic E-state index is -0.511. The molecule has 2 N–H and O–H groups in total. The average molecular weight is 410 g/mol. The molecular weight excluding hydrogens is 370 g/mol. The second-order valence-electron chi connectivity index (χ2n) is 9.39. The summed E-state index contributed by atoms with van der Waals surface area (Å²) in [5, 5.41) is 6.45. The van der Waals surface area contributed by atoms with Crippen LogP contribution in [-0.4, -0.2) is 79.7 Å². The van der Waals surface area contributed by atoms with Gasteiger partial charge in [-0.05, 0) is 46.0 Å². The Morgan fingerprint density at radius 1 is 1.14 bits per heavy atom. The van der Waals surface area contributed by atoms with Crippen LogP contribution in [0.1, 0.15) is 59.3 Å². The number of hydrogen-bond acceptors (Lipinski definition) is 4. The molecule has 1 unspecified atom stereocenters. The first-order chi connectivity index (χ1) is 13.6. The van der Waals surface area contributed by atoms with Crippen LogP contribution in [0.5, 0.6) is 0 Å². The van der Waals surface area contributed by atoms with Gasteiger partial charge in [-0.2, -0.15) is 0 Å². The van der Waals surface area contributed by atoms with Gasteiger partial charge < -0.3 is 25.2 Å². The molecule has 166 valence electrons. The van der Waals surface area contributed by atoms with Crippen LogP contribution in [0.25, 0.3) is 0 Å². The second-order valence-corrected chi connectivity index (χ2v) is 9.39. The Balaban J connectivity index is 1.93. The van der Waals surface area contributed by atoms with Crippen LogP contribution in [-0.2, 0) is 9.53 Å². The van der Waals surface area contributed by atoms with E-state index in [2.05, 4.69) is 20.5 Å². The lowest BCUT2D eigenvalue weighted by atomic mass is 9.89. The number of likely N-dealkylation sites (N-methyl/N-ethyl adjacent to an activating group) is 1. The summed E-state index contributed by atoms with van der Waals surface area (Å²) in [6.45, 7) is 8.02. The van der Waals surface area contributed by atoms with E-state index >= 15 is 0 Å². The molecule has 1 atom stereocenters. The zero-order valence-corrected chi connectivity index (χ0v) is 18.8. The van der Waals surface area contributed by atoms with Gasteiger partial charge in [-0.15, -0.1) is 0 Å². The summed E-state index contributed by atoms with van der Waals surface area (Å²) >= 11 is 0. The van der Waals surface area contributed by atoms with Crippen molar-refractivity contribution in [3.05, 3.63) is 0 Å². The molecule has 1 heterocycles. The zero-order chi connectivity index (χ0) is 21.4. The van der Waals surface area contributed by atoms with Crippen molar-refractivity contribution >= 4 is 18.0 Å². The first-order valence-electron chi connectivity index (χ1n) is 10.9. The van der Waals surface area contributed by atoms with E-state index in [-0.39, 0.29) is 24.6 Å². The standard InChI is InChI=1S/C21H39N5O3/c1-21(2,3)29-20(28)24-17-11-12-26(15-17)19(23-14-18(27)25(4)5)22-13-16-9-7-6-8-10-16/h16-17H,6-15H2,1-5H3,(H,22,23)(H,24,28). The van der Waals surface area contributed by atoms with E-state index in [1.54, 1.807) is 19.0 Å². The van der Waals surface area contributed by atoms with E-state index in [1.807, 2.05) is 20.8 Å².